The van der Waals surface area contributed by atoms with Crippen molar-refractivity contribution < 1.29 is 22.7 Å². The first-order chi connectivity index (χ1) is 17.2. The minimum Gasteiger partial charge on any atom is -0.481 e. The molecule has 36 heavy (non-hydrogen) atoms. The monoisotopic (exact) mass is 535 g/mol. The number of ether oxygens (including phenoxy) is 2. The Labute approximate surface area is 213 Å². The Morgan fingerprint density at radius 1 is 1.22 bits per heavy atom. The molecule has 1 aliphatic carbocycles. The van der Waals surface area contributed by atoms with Crippen molar-refractivity contribution in [2.24, 2.45) is 0 Å². The van der Waals surface area contributed by atoms with E-state index in [0.29, 0.717) is 16.6 Å². The molecule has 1 saturated carbocycles. The van der Waals surface area contributed by atoms with Gasteiger partial charge in [-0.3, -0.25) is 9.36 Å². The number of sulfone groups is 1. The van der Waals surface area contributed by atoms with Gasteiger partial charge in [-0.25, -0.2) is 23.4 Å². The number of nitrogens with one attached hydrogen (secondary N) is 1. The van der Waals surface area contributed by atoms with Crippen molar-refractivity contribution in [3.8, 4) is 17.4 Å². The van der Waals surface area contributed by atoms with Gasteiger partial charge in [-0.15, -0.1) is 10.2 Å². The summed E-state index contributed by atoms with van der Waals surface area (Å²) in [5.74, 6) is 0.122. The molecule has 3 aromatic heterocycles. The number of hydrogen-bond acceptors (Lipinski definition) is 10. The predicted octanol–water partition coefficient (Wildman–Crippen LogP) is 1.76. The molecule has 0 unspecified atom stereocenters. The first kappa shape index (κ1) is 25.9. The van der Waals surface area contributed by atoms with Gasteiger partial charge in [0, 0.05) is 31.6 Å². The molecule has 192 valence electrons. The summed E-state index contributed by atoms with van der Waals surface area (Å²) in [6, 6.07) is 5.21. The van der Waals surface area contributed by atoms with E-state index >= 15 is 0 Å². The van der Waals surface area contributed by atoms with Crippen molar-refractivity contribution >= 4 is 27.3 Å². The van der Waals surface area contributed by atoms with Gasteiger partial charge in [0.25, 0.3) is 0 Å². The topological polar surface area (TPSA) is 151 Å². The van der Waals surface area contributed by atoms with Crippen LogP contribution < -0.4 is 10.1 Å². The number of halogens is 1. The van der Waals surface area contributed by atoms with E-state index in [1.807, 2.05) is 0 Å². The maximum absolute atomic E-state index is 13.4. The van der Waals surface area contributed by atoms with E-state index in [2.05, 4.69) is 30.5 Å². The Balaban J connectivity index is 1.65. The van der Waals surface area contributed by atoms with E-state index in [1.165, 1.54) is 38.1 Å². The van der Waals surface area contributed by atoms with Crippen LogP contribution in [0, 0.1) is 0 Å². The SMILES string of the molecule is COc1cccc(-c2nnc(CS(=O)(=O)[C@@H](C)[C@H](OC)c3ncc(Cl)cn3)n2CC(=O)NC2CC2)n1. The van der Waals surface area contributed by atoms with Gasteiger partial charge in [0.1, 0.15) is 29.9 Å². The summed E-state index contributed by atoms with van der Waals surface area (Å²) >= 11 is 5.85. The standard InChI is InChI=1S/C22H26ClN7O5S/c1-13(20(35-3)21-24-9-14(23)10-25-21)36(32,33)12-17-28-29-22(16-5-4-6-19(27-16)34-2)30(17)11-18(31)26-15-7-8-15/h4-6,9-10,13,15,20H,7-8,11-12H2,1-3H3,(H,26,31)/t13-,20-/m0/s1. The Kier molecular flexibility index (Phi) is 7.81. The fourth-order valence-corrected chi connectivity index (χ4v) is 5.11. The van der Waals surface area contributed by atoms with Gasteiger partial charge >= 0.3 is 0 Å². The number of hydrogen-bond donors (Lipinski definition) is 1. The summed E-state index contributed by atoms with van der Waals surface area (Å²) < 4.78 is 38.9. The highest BCUT2D eigenvalue weighted by Gasteiger charge is 2.35. The summed E-state index contributed by atoms with van der Waals surface area (Å²) in [6.45, 7) is 1.34. The second-order valence-corrected chi connectivity index (χ2v) is 11.2. The summed E-state index contributed by atoms with van der Waals surface area (Å²) in [6.07, 6.45) is 3.64. The second kappa shape index (κ2) is 10.8. The van der Waals surface area contributed by atoms with Crippen LogP contribution in [0.2, 0.25) is 5.02 Å². The summed E-state index contributed by atoms with van der Waals surface area (Å²) in [4.78, 5) is 25.2. The number of carbonyl (C=O) groups is 1. The van der Waals surface area contributed by atoms with Crippen LogP contribution in [0.25, 0.3) is 11.5 Å². The largest absolute Gasteiger partial charge is 0.481 e. The van der Waals surface area contributed by atoms with E-state index in [-0.39, 0.29) is 36.0 Å². The smallest absolute Gasteiger partial charge is 0.240 e. The highest BCUT2D eigenvalue weighted by Crippen LogP contribution is 2.27. The molecule has 0 spiro atoms. The van der Waals surface area contributed by atoms with Crippen molar-refractivity contribution in [1.82, 2.24) is 35.0 Å². The predicted molar refractivity (Wildman–Crippen MR) is 130 cm³/mol. The molecule has 0 aliphatic heterocycles. The van der Waals surface area contributed by atoms with E-state index < -0.39 is 26.9 Å². The van der Waals surface area contributed by atoms with Gasteiger partial charge in [-0.1, -0.05) is 17.7 Å². The lowest BCUT2D eigenvalue weighted by Gasteiger charge is -2.21. The van der Waals surface area contributed by atoms with Crippen LogP contribution in [0.4, 0.5) is 0 Å². The Bertz CT molecular complexity index is 1330. The minimum absolute atomic E-state index is 0.0966. The molecular formula is C22H26ClN7O5S. The Hall–Kier alpha value is -3.16. The molecule has 1 aliphatic rings. The van der Waals surface area contributed by atoms with Gasteiger partial charge in [0.2, 0.25) is 11.8 Å². The molecule has 4 rings (SSSR count). The fourth-order valence-electron chi connectivity index (χ4n) is 3.57. The number of rotatable bonds is 11. The van der Waals surface area contributed by atoms with Crippen LogP contribution in [0.1, 0.15) is 37.5 Å². The molecule has 2 atom stereocenters. The van der Waals surface area contributed by atoms with Crippen LogP contribution in [0.3, 0.4) is 0 Å². The molecule has 1 amide bonds. The normalized spacial score (nSPS) is 15.3. The lowest BCUT2D eigenvalue weighted by molar-refractivity contribution is -0.121. The van der Waals surface area contributed by atoms with Gasteiger partial charge in [0.05, 0.1) is 17.4 Å². The van der Waals surface area contributed by atoms with Crippen LogP contribution in [-0.4, -0.2) is 69.6 Å². The third-order valence-electron chi connectivity index (χ3n) is 5.71. The number of pyridine rings is 1. The van der Waals surface area contributed by atoms with Crippen molar-refractivity contribution in [3.05, 3.63) is 47.3 Å². The van der Waals surface area contributed by atoms with Crippen molar-refractivity contribution in [1.29, 1.82) is 0 Å². The number of amides is 1. The molecular weight excluding hydrogens is 510 g/mol. The molecule has 1 fully saturated rings. The lowest BCUT2D eigenvalue weighted by atomic mass is 10.2. The van der Waals surface area contributed by atoms with Crippen LogP contribution in [0.15, 0.2) is 30.6 Å². The maximum atomic E-state index is 13.4. The molecule has 0 saturated heterocycles. The number of carbonyl (C=O) groups excluding carboxylic acids is 1. The fraction of sp³-hybridized carbons (Fsp3) is 0.455. The lowest BCUT2D eigenvalue weighted by Crippen LogP contribution is -2.32. The third kappa shape index (κ3) is 5.97. The minimum atomic E-state index is -3.87. The van der Waals surface area contributed by atoms with Crippen LogP contribution in [0.5, 0.6) is 5.88 Å². The number of methoxy groups -OCH3 is 2. The molecule has 14 heteroatoms. The van der Waals surface area contributed by atoms with Crippen molar-refractivity contribution in [3.63, 3.8) is 0 Å². The summed E-state index contributed by atoms with van der Waals surface area (Å²) in [5, 5.41) is 10.5. The zero-order chi connectivity index (χ0) is 25.9. The van der Waals surface area contributed by atoms with Crippen LogP contribution in [-0.2, 0) is 31.7 Å². The zero-order valence-corrected chi connectivity index (χ0v) is 21.5. The van der Waals surface area contributed by atoms with Crippen molar-refractivity contribution in [2.75, 3.05) is 14.2 Å². The Morgan fingerprint density at radius 3 is 2.58 bits per heavy atom. The molecule has 0 bridgehead atoms. The zero-order valence-electron chi connectivity index (χ0n) is 20.0. The molecule has 0 aromatic carbocycles. The first-order valence-corrected chi connectivity index (χ1v) is 13.3. The van der Waals surface area contributed by atoms with Gasteiger partial charge in [0.15, 0.2) is 21.5 Å². The quantitative estimate of drug-likeness (QED) is 0.384. The first-order valence-electron chi connectivity index (χ1n) is 11.2. The highest BCUT2D eigenvalue weighted by molar-refractivity contribution is 7.91. The summed E-state index contributed by atoms with van der Waals surface area (Å²) in [5.41, 5.74) is 0.391. The summed E-state index contributed by atoms with van der Waals surface area (Å²) in [7, 11) is -1.01. The van der Waals surface area contributed by atoms with E-state index in [1.54, 1.807) is 18.2 Å². The van der Waals surface area contributed by atoms with Gasteiger partial charge in [-0.05, 0) is 25.8 Å². The molecule has 0 radical (unpaired) electrons. The van der Waals surface area contributed by atoms with E-state index in [0.717, 1.165) is 12.8 Å². The van der Waals surface area contributed by atoms with Gasteiger partial charge in [-0.2, -0.15) is 0 Å². The maximum Gasteiger partial charge on any atom is 0.240 e. The Morgan fingerprint density at radius 2 is 1.94 bits per heavy atom. The van der Waals surface area contributed by atoms with E-state index in [9.17, 15) is 13.2 Å². The second-order valence-electron chi connectivity index (χ2n) is 8.36. The molecule has 1 N–H and O–H groups in total. The van der Waals surface area contributed by atoms with Crippen LogP contribution >= 0.6 is 11.6 Å². The highest BCUT2D eigenvalue weighted by atomic mass is 35.5. The number of nitrogens with zero attached hydrogens (tertiary/aromatic N) is 6. The average Bonchev–Trinajstić information content (AvgIpc) is 3.60. The average molecular weight is 536 g/mol. The molecule has 12 nitrogen and oxygen atoms in total. The molecule has 3 heterocycles. The van der Waals surface area contributed by atoms with Crippen molar-refractivity contribution in [2.45, 2.75) is 49.5 Å². The number of aromatic nitrogens is 6. The van der Waals surface area contributed by atoms with E-state index in [4.69, 9.17) is 21.1 Å². The molecule has 3 aromatic rings. The third-order valence-corrected chi connectivity index (χ3v) is 7.94. The van der Waals surface area contributed by atoms with Gasteiger partial charge < -0.3 is 14.8 Å².